The van der Waals surface area contributed by atoms with Crippen LogP contribution >= 0.6 is 0 Å². The molecule has 3 N–H and O–H groups in total. The van der Waals surface area contributed by atoms with Gasteiger partial charge in [-0.15, -0.1) is 0 Å². The molecule has 0 unspecified atom stereocenters. The number of nitrogens with one attached hydrogen (secondary N) is 1. The van der Waals surface area contributed by atoms with E-state index in [-0.39, 0.29) is 11.7 Å². The standard InChI is InChI=1S/C12H22N2O2.C2H2O4/c1-11(2,3)16-10(15)14-8-12(9-14)4-6-13-7-5-12;3-1(4)2(5)6/h13H,4-9H2,1-3H3;(H,3,4)(H,5,6). The second-order valence-electron chi connectivity index (χ2n) is 6.70. The number of hydrogen-bond acceptors (Lipinski definition) is 5. The van der Waals surface area contributed by atoms with E-state index in [2.05, 4.69) is 5.32 Å². The SMILES string of the molecule is CC(C)(C)OC(=O)N1CC2(CCNCC2)C1.O=C(O)C(=O)O. The highest BCUT2D eigenvalue weighted by Gasteiger charge is 2.46. The van der Waals surface area contributed by atoms with Crippen molar-refractivity contribution < 1.29 is 29.3 Å². The molecule has 0 saturated carbocycles. The Hall–Kier alpha value is -1.83. The fourth-order valence-corrected chi connectivity index (χ4v) is 2.49. The van der Waals surface area contributed by atoms with E-state index in [9.17, 15) is 4.79 Å². The molecule has 8 heteroatoms. The summed E-state index contributed by atoms with van der Waals surface area (Å²) in [6, 6.07) is 0. The van der Waals surface area contributed by atoms with Crippen LogP contribution in [-0.2, 0) is 14.3 Å². The average Bonchev–Trinajstić information content (AvgIpc) is 2.35. The Kier molecular flexibility index (Phi) is 5.76. The average molecular weight is 316 g/mol. The Labute approximate surface area is 129 Å². The van der Waals surface area contributed by atoms with Gasteiger partial charge in [-0.3, -0.25) is 0 Å². The van der Waals surface area contributed by atoms with Gasteiger partial charge in [-0.05, 0) is 46.7 Å². The topological polar surface area (TPSA) is 116 Å². The van der Waals surface area contributed by atoms with Gasteiger partial charge in [0.1, 0.15) is 5.60 Å². The number of amides is 1. The van der Waals surface area contributed by atoms with Crippen LogP contribution in [0.5, 0.6) is 0 Å². The third-order valence-corrected chi connectivity index (χ3v) is 3.55. The molecule has 2 aliphatic heterocycles. The van der Waals surface area contributed by atoms with Crippen molar-refractivity contribution in [3.8, 4) is 0 Å². The molecule has 0 aromatic rings. The van der Waals surface area contributed by atoms with Gasteiger partial charge in [-0.2, -0.15) is 0 Å². The van der Waals surface area contributed by atoms with Crippen LogP contribution in [0.15, 0.2) is 0 Å². The summed E-state index contributed by atoms with van der Waals surface area (Å²) in [4.78, 5) is 31.8. The molecule has 0 aromatic heterocycles. The smallest absolute Gasteiger partial charge is 0.414 e. The van der Waals surface area contributed by atoms with Crippen LogP contribution in [0.3, 0.4) is 0 Å². The van der Waals surface area contributed by atoms with Gasteiger partial charge in [0.2, 0.25) is 0 Å². The summed E-state index contributed by atoms with van der Waals surface area (Å²) in [5.74, 6) is -3.65. The van der Waals surface area contributed by atoms with Crippen LogP contribution in [-0.4, -0.2) is 64.9 Å². The molecular formula is C14H24N2O6. The first-order chi connectivity index (χ1) is 10.0. The first-order valence-corrected chi connectivity index (χ1v) is 7.20. The minimum atomic E-state index is -1.82. The molecule has 2 saturated heterocycles. The van der Waals surface area contributed by atoms with Crippen LogP contribution in [0.25, 0.3) is 0 Å². The summed E-state index contributed by atoms with van der Waals surface area (Å²) in [6.07, 6.45) is 2.22. The highest BCUT2D eigenvalue weighted by atomic mass is 16.6. The van der Waals surface area contributed by atoms with Gasteiger partial charge in [0.25, 0.3) is 0 Å². The maximum Gasteiger partial charge on any atom is 0.414 e. The Morgan fingerprint density at radius 2 is 1.50 bits per heavy atom. The fraction of sp³-hybridized carbons (Fsp3) is 0.786. The van der Waals surface area contributed by atoms with Crippen molar-refractivity contribution in [3.05, 3.63) is 0 Å². The van der Waals surface area contributed by atoms with Crippen LogP contribution in [0.2, 0.25) is 0 Å². The van der Waals surface area contributed by atoms with Gasteiger partial charge in [-0.1, -0.05) is 0 Å². The summed E-state index contributed by atoms with van der Waals surface area (Å²) in [6.45, 7) is 9.65. The van der Waals surface area contributed by atoms with Crippen molar-refractivity contribution in [1.29, 1.82) is 0 Å². The lowest BCUT2D eigenvalue weighted by Crippen LogP contribution is -2.62. The molecule has 1 spiro atoms. The zero-order chi connectivity index (χ0) is 17.0. The lowest BCUT2D eigenvalue weighted by molar-refractivity contribution is -0.159. The minimum Gasteiger partial charge on any atom is -0.473 e. The molecule has 126 valence electrons. The first-order valence-electron chi connectivity index (χ1n) is 7.20. The first kappa shape index (κ1) is 18.2. The van der Waals surface area contributed by atoms with Gasteiger partial charge in [0.05, 0.1) is 0 Å². The van der Waals surface area contributed by atoms with Crippen molar-refractivity contribution in [2.24, 2.45) is 5.41 Å². The molecule has 2 heterocycles. The molecule has 0 atom stereocenters. The van der Waals surface area contributed by atoms with Crippen molar-refractivity contribution in [1.82, 2.24) is 10.2 Å². The summed E-state index contributed by atoms with van der Waals surface area (Å²) >= 11 is 0. The van der Waals surface area contributed by atoms with Crippen LogP contribution < -0.4 is 5.32 Å². The molecule has 8 nitrogen and oxygen atoms in total. The molecule has 0 aromatic carbocycles. The van der Waals surface area contributed by atoms with E-state index in [0.717, 1.165) is 26.2 Å². The van der Waals surface area contributed by atoms with E-state index < -0.39 is 11.9 Å². The quantitative estimate of drug-likeness (QED) is 0.565. The van der Waals surface area contributed by atoms with Crippen molar-refractivity contribution in [2.75, 3.05) is 26.2 Å². The molecule has 0 aliphatic carbocycles. The number of rotatable bonds is 0. The zero-order valence-electron chi connectivity index (χ0n) is 13.2. The molecule has 0 bridgehead atoms. The Morgan fingerprint density at radius 3 is 1.86 bits per heavy atom. The number of likely N-dealkylation sites (tertiary alicyclic amines) is 1. The van der Waals surface area contributed by atoms with Crippen molar-refractivity contribution in [2.45, 2.75) is 39.2 Å². The molecule has 0 radical (unpaired) electrons. The predicted molar refractivity (Wildman–Crippen MR) is 77.6 cm³/mol. The van der Waals surface area contributed by atoms with E-state index in [0.29, 0.717) is 5.41 Å². The maximum absolute atomic E-state index is 11.8. The predicted octanol–water partition coefficient (Wildman–Crippen LogP) is 0.763. The Bertz CT molecular complexity index is 417. The summed E-state index contributed by atoms with van der Waals surface area (Å²) in [7, 11) is 0. The number of aliphatic carboxylic acids is 2. The lowest BCUT2D eigenvalue weighted by atomic mass is 9.73. The summed E-state index contributed by atoms with van der Waals surface area (Å²) in [5, 5.41) is 18.1. The van der Waals surface area contributed by atoms with E-state index in [4.69, 9.17) is 24.5 Å². The third-order valence-electron chi connectivity index (χ3n) is 3.55. The monoisotopic (exact) mass is 316 g/mol. The van der Waals surface area contributed by atoms with Gasteiger partial charge in [0.15, 0.2) is 0 Å². The molecule has 1 amide bonds. The lowest BCUT2D eigenvalue weighted by Gasteiger charge is -2.52. The molecule has 22 heavy (non-hydrogen) atoms. The molecule has 2 aliphatic rings. The number of carboxylic acids is 2. The van der Waals surface area contributed by atoms with E-state index in [1.807, 2.05) is 25.7 Å². The number of ether oxygens (including phenoxy) is 1. The van der Waals surface area contributed by atoms with Crippen LogP contribution in [0, 0.1) is 5.41 Å². The van der Waals surface area contributed by atoms with Crippen molar-refractivity contribution >= 4 is 18.0 Å². The van der Waals surface area contributed by atoms with E-state index in [1.54, 1.807) is 0 Å². The van der Waals surface area contributed by atoms with Gasteiger partial charge in [-0.25, -0.2) is 14.4 Å². The zero-order valence-corrected chi connectivity index (χ0v) is 13.2. The molecule has 2 fully saturated rings. The maximum atomic E-state index is 11.8. The highest BCUT2D eigenvalue weighted by molar-refractivity contribution is 6.27. The van der Waals surface area contributed by atoms with E-state index in [1.165, 1.54) is 12.8 Å². The second kappa shape index (κ2) is 6.95. The van der Waals surface area contributed by atoms with Gasteiger partial charge < -0.3 is 25.2 Å². The number of carboxylic acid groups (broad SMARTS) is 2. The number of carbonyl (C=O) groups is 3. The minimum absolute atomic E-state index is 0.156. The summed E-state index contributed by atoms with van der Waals surface area (Å²) < 4.78 is 5.35. The van der Waals surface area contributed by atoms with Crippen LogP contribution in [0.4, 0.5) is 4.79 Å². The number of nitrogens with zero attached hydrogens (tertiary/aromatic N) is 1. The third kappa shape index (κ3) is 5.51. The normalized spacial score (nSPS) is 19.5. The number of piperidine rings is 1. The number of hydrogen-bond donors (Lipinski definition) is 3. The molecular weight excluding hydrogens is 292 g/mol. The highest BCUT2D eigenvalue weighted by Crippen LogP contribution is 2.39. The van der Waals surface area contributed by atoms with Gasteiger partial charge in [0, 0.05) is 18.5 Å². The second-order valence-corrected chi connectivity index (χ2v) is 6.70. The van der Waals surface area contributed by atoms with Gasteiger partial charge >= 0.3 is 18.0 Å². The Balaban J connectivity index is 0.000000346. The van der Waals surface area contributed by atoms with E-state index >= 15 is 0 Å². The fourth-order valence-electron chi connectivity index (χ4n) is 2.49. The summed E-state index contributed by atoms with van der Waals surface area (Å²) in [5.41, 5.74) is 0.0100. The van der Waals surface area contributed by atoms with Crippen molar-refractivity contribution in [3.63, 3.8) is 0 Å². The Morgan fingerprint density at radius 1 is 1.05 bits per heavy atom. The largest absolute Gasteiger partial charge is 0.473 e. The molecule has 2 rings (SSSR count). The number of carbonyl (C=O) groups excluding carboxylic acids is 1. The van der Waals surface area contributed by atoms with Crippen LogP contribution in [0.1, 0.15) is 33.6 Å².